The van der Waals surface area contributed by atoms with Gasteiger partial charge in [0.2, 0.25) is 5.91 Å². The summed E-state index contributed by atoms with van der Waals surface area (Å²) in [6, 6.07) is 13.3. The van der Waals surface area contributed by atoms with Crippen LogP contribution in [0.3, 0.4) is 0 Å². The third-order valence-corrected chi connectivity index (χ3v) is 5.64. The van der Waals surface area contributed by atoms with Crippen LogP contribution in [0.25, 0.3) is 0 Å². The van der Waals surface area contributed by atoms with E-state index >= 15 is 0 Å². The number of methoxy groups -OCH3 is 1. The molecular formula is C21H24ClNO3S. The zero-order chi connectivity index (χ0) is 19.4. The summed E-state index contributed by atoms with van der Waals surface area (Å²) in [5, 5.41) is 3.87. The number of hydrogen-bond donors (Lipinski definition) is 1. The van der Waals surface area contributed by atoms with Crippen LogP contribution >= 0.6 is 23.4 Å². The molecule has 6 heteroatoms. The minimum atomic E-state index is -0.340. The number of nitrogens with one attached hydrogen (secondary N) is 1. The van der Waals surface area contributed by atoms with E-state index in [9.17, 15) is 4.79 Å². The molecule has 0 radical (unpaired) electrons. The van der Waals surface area contributed by atoms with Gasteiger partial charge in [0.15, 0.2) is 0 Å². The van der Waals surface area contributed by atoms with E-state index in [0.717, 1.165) is 28.4 Å². The first kappa shape index (κ1) is 19.9. The molecule has 3 rings (SSSR count). The lowest BCUT2D eigenvalue weighted by Gasteiger charge is -2.38. The lowest BCUT2D eigenvalue weighted by Crippen LogP contribution is -2.41. The molecule has 1 heterocycles. The Morgan fingerprint density at radius 1 is 1.33 bits per heavy atom. The molecule has 0 saturated heterocycles. The summed E-state index contributed by atoms with van der Waals surface area (Å²) in [5.74, 6) is 2.70. The Balaban J connectivity index is 1.63. The maximum absolute atomic E-state index is 12.5. The number of halogens is 1. The second-order valence-electron chi connectivity index (χ2n) is 7.21. The van der Waals surface area contributed by atoms with Crippen LogP contribution in [-0.2, 0) is 10.5 Å². The van der Waals surface area contributed by atoms with Gasteiger partial charge in [-0.15, -0.1) is 11.8 Å². The number of carbonyl (C=O) groups is 1. The van der Waals surface area contributed by atoms with Gasteiger partial charge in [0, 0.05) is 22.8 Å². The molecule has 0 spiro atoms. The highest BCUT2D eigenvalue weighted by Gasteiger charge is 2.34. The van der Waals surface area contributed by atoms with Crippen LogP contribution in [0.1, 0.15) is 37.4 Å². The fourth-order valence-electron chi connectivity index (χ4n) is 3.21. The average Bonchev–Trinajstić information content (AvgIpc) is 2.60. The number of amides is 1. The Labute approximate surface area is 169 Å². The van der Waals surface area contributed by atoms with Gasteiger partial charge in [-0.2, -0.15) is 0 Å². The fourth-order valence-corrected chi connectivity index (χ4v) is 4.21. The number of benzene rings is 2. The summed E-state index contributed by atoms with van der Waals surface area (Å²) in [7, 11) is 1.63. The summed E-state index contributed by atoms with van der Waals surface area (Å²) in [6.07, 6.45) is 0.706. The van der Waals surface area contributed by atoms with Gasteiger partial charge in [-0.3, -0.25) is 4.79 Å². The molecule has 1 aliphatic rings. The molecule has 1 amide bonds. The number of carbonyl (C=O) groups excluding carboxylic acids is 1. The van der Waals surface area contributed by atoms with Crippen molar-refractivity contribution in [1.29, 1.82) is 0 Å². The van der Waals surface area contributed by atoms with E-state index < -0.39 is 0 Å². The van der Waals surface area contributed by atoms with Gasteiger partial charge in [0.05, 0.1) is 18.9 Å². The van der Waals surface area contributed by atoms with Crippen LogP contribution < -0.4 is 14.8 Å². The van der Waals surface area contributed by atoms with Crippen LogP contribution in [0.2, 0.25) is 5.02 Å². The Kier molecular flexibility index (Phi) is 6.22. The molecule has 0 bridgehead atoms. The molecule has 2 aromatic rings. The van der Waals surface area contributed by atoms with Crippen molar-refractivity contribution in [2.24, 2.45) is 0 Å². The van der Waals surface area contributed by atoms with Crippen molar-refractivity contribution < 1.29 is 14.3 Å². The minimum Gasteiger partial charge on any atom is -0.497 e. The highest BCUT2D eigenvalue weighted by Crippen LogP contribution is 2.41. The predicted octanol–water partition coefficient (Wildman–Crippen LogP) is 5.00. The predicted molar refractivity (Wildman–Crippen MR) is 111 cm³/mol. The zero-order valence-corrected chi connectivity index (χ0v) is 17.3. The van der Waals surface area contributed by atoms with Crippen molar-refractivity contribution in [2.45, 2.75) is 37.7 Å². The molecule has 2 aromatic carbocycles. The van der Waals surface area contributed by atoms with E-state index in [-0.39, 0.29) is 17.6 Å². The van der Waals surface area contributed by atoms with Crippen molar-refractivity contribution in [2.75, 3.05) is 12.9 Å². The van der Waals surface area contributed by atoms with Gasteiger partial charge >= 0.3 is 0 Å². The molecule has 1 atom stereocenters. The lowest BCUT2D eigenvalue weighted by molar-refractivity contribution is -0.119. The van der Waals surface area contributed by atoms with Crippen molar-refractivity contribution in [3.8, 4) is 11.5 Å². The Hall–Kier alpha value is -1.85. The lowest BCUT2D eigenvalue weighted by atomic mass is 9.89. The third-order valence-electron chi connectivity index (χ3n) is 4.40. The summed E-state index contributed by atoms with van der Waals surface area (Å²) >= 11 is 7.58. The third kappa shape index (κ3) is 5.33. The monoisotopic (exact) mass is 405 g/mol. The molecule has 0 saturated carbocycles. The molecule has 1 N–H and O–H groups in total. The van der Waals surface area contributed by atoms with E-state index in [0.29, 0.717) is 17.2 Å². The molecule has 0 aromatic heterocycles. The molecule has 1 aliphatic heterocycles. The summed E-state index contributed by atoms with van der Waals surface area (Å²) in [5.41, 5.74) is 1.73. The highest BCUT2D eigenvalue weighted by atomic mass is 35.5. The van der Waals surface area contributed by atoms with Crippen molar-refractivity contribution >= 4 is 29.3 Å². The van der Waals surface area contributed by atoms with Gasteiger partial charge in [-0.05, 0) is 49.7 Å². The molecule has 0 aliphatic carbocycles. The first-order chi connectivity index (χ1) is 12.9. The van der Waals surface area contributed by atoms with Crippen LogP contribution in [-0.4, -0.2) is 24.4 Å². The number of ether oxygens (including phenoxy) is 2. The maximum Gasteiger partial charge on any atom is 0.230 e. The topological polar surface area (TPSA) is 47.6 Å². The molecule has 27 heavy (non-hydrogen) atoms. The molecule has 1 unspecified atom stereocenters. The van der Waals surface area contributed by atoms with Gasteiger partial charge in [-0.1, -0.05) is 23.7 Å². The Morgan fingerprint density at radius 3 is 2.89 bits per heavy atom. The SMILES string of the molecule is COc1ccc2c(c1)C(NC(=O)CSCc1cccc(Cl)c1)CC(C)(C)O2. The van der Waals surface area contributed by atoms with E-state index in [1.165, 1.54) is 0 Å². The number of rotatable bonds is 6. The van der Waals surface area contributed by atoms with Gasteiger partial charge in [0.1, 0.15) is 17.1 Å². The Bertz CT molecular complexity index is 825. The Morgan fingerprint density at radius 2 is 2.15 bits per heavy atom. The summed E-state index contributed by atoms with van der Waals surface area (Å²) in [4.78, 5) is 12.5. The van der Waals surface area contributed by atoms with E-state index in [1.807, 2.05) is 56.3 Å². The zero-order valence-electron chi connectivity index (χ0n) is 15.8. The van der Waals surface area contributed by atoms with Crippen molar-refractivity contribution in [1.82, 2.24) is 5.32 Å². The smallest absolute Gasteiger partial charge is 0.230 e. The second-order valence-corrected chi connectivity index (χ2v) is 8.63. The second kappa shape index (κ2) is 8.44. The molecule has 144 valence electrons. The van der Waals surface area contributed by atoms with Crippen LogP contribution in [0.5, 0.6) is 11.5 Å². The largest absolute Gasteiger partial charge is 0.497 e. The quantitative estimate of drug-likeness (QED) is 0.734. The number of thioether (sulfide) groups is 1. The average molecular weight is 406 g/mol. The van der Waals surface area contributed by atoms with E-state index in [2.05, 4.69) is 5.32 Å². The summed E-state index contributed by atoms with van der Waals surface area (Å²) in [6.45, 7) is 4.07. The fraction of sp³-hybridized carbons (Fsp3) is 0.381. The molecular weight excluding hydrogens is 382 g/mol. The molecule has 4 nitrogen and oxygen atoms in total. The standard InChI is InChI=1S/C21H24ClNO3S/c1-21(2)11-18(17-10-16(25-3)7-8-19(17)26-21)23-20(24)13-27-12-14-5-4-6-15(22)9-14/h4-10,18H,11-13H2,1-3H3,(H,23,24). The van der Waals surface area contributed by atoms with E-state index in [1.54, 1.807) is 18.9 Å². The minimum absolute atomic E-state index is 0.0125. The van der Waals surface area contributed by atoms with Crippen LogP contribution in [0.4, 0.5) is 0 Å². The van der Waals surface area contributed by atoms with Gasteiger partial charge in [-0.25, -0.2) is 0 Å². The number of hydrogen-bond acceptors (Lipinski definition) is 4. The van der Waals surface area contributed by atoms with Crippen molar-refractivity contribution in [3.63, 3.8) is 0 Å². The van der Waals surface area contributed by atoms with Gasteiger partial charge in [0.25, 0.3) is 0 Å². The van der Waals surface area contributed by atoms with Crippen molar-refractivity contribution in [3.05, 3.63) is 58.6 Å². The number of fused-ring (bicyclic) bond motifs is 1. The maximum atomic E-state index is 12.5. The van der Waals surface area contributed by atoms with Crippen LogP contribution in [0.15, 0.2) is 42.5 Å². The molecule has 0 fully saturated rings. The first-order valence-electron chi connectivity index (χ1n) is 8.85. The summed E-state index contributed by atoms with van der Waals surface area (Å²) < 4.78 is 11.4. The van der Waals surface area contributed by atoms with E-state index in [4.69, 9.17) is 21.1 Å². The normalized spacial score (nSPS) is 17.6. The van der Waals surface area contributed by atoms with Gasteiger partial charge < -0.3 is 14.8 Å². The highest BCUT2D eigenvalue weighted by molar-refractivity contribution is 7.99. The first-order valence-corrected chi connectivity index (χ1v) is 10.4. The van der Waals surface area contributed by atoms with Crippen LogP contribution in [0, 0.1) is 0 Å².